The number of carbonyl (C=O) groups excluding carboxylic acids is 1. The van der Waals surface area contributed by atoms with E-state index in [2.05, 4.69) is 20.4 Å². The second-order valence-corrected chi connectivity index (χ2v) is 6.50. The lowest BCUT2D eigenvalue weighted by Crippen LogP contribution is -2.14. The number of nitrogens with one attached hydrogen (secondary N) is 1. The van der Waals surface area contributed by atoms with Crippen molar-refractivity contribution in [1.82, 2.24) is 19.7 Å². The van der Waals surface area contributed by atoms with Crippen LogP contribution < -0.4 is 5.32 Å². The molecule has 5 rings (SSSR count). The molecule has 126 valence electrons. The van der Waals surface area contributed by atoms with E-state index in [1.54, 1.807) is 16.8 Å². The van der Waals surface area contributed by atoms with Gasteiger partial charge >= 0.3 is 0 Å². The highest BCUT2D eigenvalue weighted by atomic mass is 35.5. The number of nitrogens with zero attached hydrogens (tertiary/aromatic N) is 4. The van der Waals surface area contributed by atoms with Crippen molar-refractivity contribution in [2.24, 2.45) is 0 Å². The number of carbonyl (C=O) groups is 1. The third-order valence-corrected chi connectivity index (χ3v) is 4.72. The van der Waals surface area contributed by atoms with Crippen LogP contribution in [0.25, 0.3) is 16.7 Å². The van der Waals surface area contributed by atoms with E-state index in [0.717, 1.165) is 22.3 Å². The summed E-state index contributed by atoms with van der Waals surface area (Å²) in [6, 6.07) is 15.1. The second-order valence-electron chi connectivity index (χ2n) is 6.06. The van der Waals surface area contributed by atoms with Crippen molar-refractivity contribution in [3.8, 4) is 5.69 Å². The lowest BCUT2D eigenvalue weighted by molar-refractivity contribution is -0.116. The van der Waals surface area contributed by atoms with E-state index >= 15 is 0 Å². The van der Waals surface area contributed by atoms with E-state index in [4.69, 9.17) is 11.6 Å². The van der Waals surface area contributed by atoms with Gasteiger partial charge in [-0.25, -0.2) is 14.6 Å². The molecule has 1 amide bonds. The number of hydrogen-bond donors (Lipinski definition) is 1. The smallest absolute Gasteiger partial charge is 0.238 e. The van der Waals surface area contributed by atoms with E-state index < -0.39 is 5.92 Å². The molecule has 6 nitrogen and oxygen atoms in total. The molecule has 3 heterocycles. The normalized spacial score (nSPS) is 15.9. The number of para-hydroxylation sites is 1. The fraction of sp³-hybridized carbons (Fsp3) is 0.0526. The van der Waals surface area contributed by atoms with Crippen LogP contribution >= 0.6 is 11.6 Å². The van der Waals surface area contributed by atoms with Crippen LogP contribution in [0.1, 0.15) is 17.2 Å². The van der Waals surface area contributed by atoms with Gasteiger partial charge in [0.2, 0.25) is 5.91 Å². The number of halogens is 1. The molecular formula is C19H12ClN5O. The van der Waals surface area contributed by atoms with Crippen LogP contribution in [0, 0.1) is 0 Å². The molecule has 0 saturated carbocycles. The molecule has 1 atom stereocenters. The van der Waals surface area contributed by atoms with Gasteiger partial charge in [-0.15, -0.1) is 5.10 Å². The quantitative estimate of drug-likeness (QED) is 0.592. The molecule has 0 bridgehead atoms. The van der Waals surface area contributed by atoms with Gasteiger partial charge in [-0.2, -0.15) is 0 Å². The largest absolute Gasteiger partial charge is 0.325 e. The molecule has 1 N–H and O–H groups in total. The van der Waals surface area contributed by atoms with Gasteiger partial charge in [0, 0.05) is 16.9 Å². The Hall–Kier alpha value is -3.25. The lowest BCUT2D eigenvalue weighted by Gasteiger charge is -2.08. The number of hydrogen-bond acceptors (Lipinski definition) is 4. The van der Waals surface area contributed by atoms with Gasteiger partial charge in [0.15, 0.2) is 5.65 Å². The molecule has 1 aliphatic heterocycles. The summed E-state index contributed by atoms with van der Waals surface area (Å²) in [6.45, 7) is 0. The van der Waals surface area contributed by atoms with Crippen molar-refractivity contribution in [3.05, 3.63) is 77.3 Å². The highest BCUT2D eigenvalue weighted by Gasteiger charge is 2.34. The summed E-state index contributed by atoms with van der Waals surface area (Å²) in [5.74, 6) is -0.643. The second kappa shape index (κ2) is 5.64. The zero-order chi connectivity index (χ0) is 17.7. The van der Waals surface area contributed by atoms with Gasteiger partial charge in [-0.3, -0.25) is 4.79 Å². The van der Waals surface area contributed by atoms with Crippen molar-refractivity contribution in [1.29, 1.82) is 0 Å². The number of aromatic nitrogens is 4. The maximum Gasteiger partial charge on any atom is 0.238 e. The highest BCUT2D eigenvalue weighted by molar-refractivity contribution is 6.31. The third-order valence-electron chi connectivity index (χ3n) is 4.49. The third kappa shape index (κ3) is 2.27. The van der Waals surface area contributed by atoms with Crippen LogP contribution in [-0.4, -0.2) is 25.7 Å². The number of anilines is 1. The van der Waals surface area contributed by atoms with Crippen LogP contribution in [0.3, 0.4) is 0 Å². The maximum atomic E-state index is 12.6. The first-order valence-corrected chi connectivity index (χ1v) is 8.44. The summed E-state index contributed by atoms with van der Waals surface area (Å²) < 4.78 is 1.75. The van der Waals surface area contributed by atoms with Gasteiger partial charge < -0.3 is 5.32 Å². The SMILES string of the molecule is O=C1Nc2cc(Cl)ccc2C1c1ncnc2nn(-c3ccccc3)cc12. The van der Waals surface area contributed by atoms with Gasteiger partial charge in [-0.05, 0) is 29.8 Å². The molecule has 0 fully saturated rings. The fourth-order valence-electron chi connectivity index (χ4n) is 3.31. The van der Waals surface area contributed by atoms with Crippen molar-refractivity contribution in [2.45, 2.75) is 5.92 Å². The Kier molecular flexibility index (Phi) is 3.26. The van der Waals surface area contributed by atoms with Crippen LogP contribution in [0.5, 0.6) is 0 Å². The van der Waals surface area contributed by atoms with E-state index in [9.17, 15) is 4.79 Å². The highest BCUT2D eigenvalue weighted by Crippen LogP contribution is 2.39. The number of fused-ring (bicyclic) bond motifs is 2. The topological polar surface area (TPSA) is 72.7 Å². The molecule has 26 heavy (non-hydrogen) atoms. The Labute approximate surface area is 153 Å². The Bertz CT molecular complexity index is 1160. The Morgan fingerprint density at radius 2 is 1.92 bits per heavy atom. The first kappa shape index (κ1) is 15.0. The summed E-state index contributed by atoms with van der Waals surface area (Å²) in [5.41, 5.74) is 3.67. The molecule has 0 spiro atoms. The predicted molar refractivity (Wildman–Crippen MR) is 98.6 cm³/mol. The molecular weight excluding hydrogens is 350 g/mol. The van der Waals surface area contributed by atoms with Gasteiger partial charge in [-0.1, -0.05) is 35.9 Å². The average Bonchev–Trinajstić information content (AvgIpc) is 3.22. The lowest BCUT2D eigenvalue weighted by atomic mass is 9.95. The van der Waals surface area contributed by atoms with Crippen LogP contribution in [0.15, 0.2) is 61.1 Å². The molecule has 0 radical (unpaired) electrons. The van der Waals surface area contributed by atoms with Gasteiger partial charge in [0.05, 0.1) is 16.8 Å². The van der Waals surface area contributed by atoms with Crippen molar-refractivity contribution in [2.75, 3.05) is 5.32 Å². The molecule has 2 aromatic heterocycles. The standard InChI is InChI=1S/C19H12ClN5O/c20-11-6-7-13-15(8-11)23-19(26)16(13)17-14-9-25(12-4-2-1-3-5-12)24-18(14)22-10-21-17/h1-10,16H,(H,23,26). The summed E-state index contributed by atoms with van der Waals surface area (Å²) >= 11 is 6.04. The van der Waals surface area contributed by atoms with Crippen LogP contribution in [0.4, 0.5) is 5.69 Å². The summed E-state index contributed by atoms with van der Waals surface area (Å²) in [7, 11) is 0. The first-order chi connectivity index (χ1) is 12.7. The molecule has 0 saturated heterocycles. The molecule has 7 heteroatoms. The monoisotopic (exact) mass is 361 g/mol. The summed E-state index contributed by atoms with van der Waals surface area (Å²) in [6.07, 6.45) is 3.31. The van der Waals surface area contributed by atoms with E-state index in [1.807, 2.05) is 42.6 Å². The number of amides is 1. The zero-order valence-corrected chi connectivity index (χ0v) is 14.2. The molecule has 0 aliphatic carbocycles. The predicted octanol–water partition coefficient (Wildman–Crippen LogP) is 3.55. The van der Waals surface area contributed by atoms with Crippen molar-refractivity contribution < 1.29 is 4.79 Å². The van der Waals surface area contributed by atoms with Crippen molar-refractivity contribution in [3.63, 3.8) is 0 Å². The van der Waals surface area contributed by atoms with Crippen LogP contribution in [0.2, 0.25) is 5.02 Å². The van der Waals surface area contributed by atoms with E-state index in [-0.39, 0.29) is 5.91 Å². The minimum atomic E-state index is -0.513. The molecule has 2 aromatic carbocycles. The fourth-order valence-corrected chi connectivity index (χ4v) is 3.48. The van der Waals surface area contributed by atoms with Crippen LogP contribution in [-0.2, 0) is 4.79 Å². The molecule has 1 aliphatic rings. The maximum absolute atomic E-state index is 12.6. The molecule has 1 unspecified atom stereocenters. The first-order valence-electron chi connectivity index (χ1n) is 8.07. The Morgan fingerprint density at radius 1 is 1.08 bits per heavy atom. The average molecular weight is 362 g/mol. The van der Waals surface area contributed by atoms with Crippen molar-refractivity contribution >= 4 is 34.2 Å². The minimum absolute atomic E-state index is 0.130. The number of benzene rings is 2. The summed E-state index contributed by atoms with van der Waals surface area (Å²) in [4.78, 5) is 21.3. The Balaban J connectivity index is 1.69. The minimum Gasteiger partial charge on any atom is -0.325 e. The number of rotatable bonds is 2. The van der Waals surface area contributed by atoms with E-state index in [0.29, 0.717) is 16.4 Å². The zero-order valence-electron chi connectivity index (χ0n) is 13.4. The van der Waals surface area contributed by atoms with E-state index in [1.165, 1.54) is 6.33 Å². The summed E-state index contributed by atoms with van der Waals surface area (Å²) in [5, 5.41) is 8.73. The molecule has 4 aromatic rings. The Morgan fingerprint density at radius 3 is 2.77 bits per heavy atom. The van der Waals surface area contributed by atoms with Gasteiger partial charge in [0.25, 0.3) is 0 Å². The van der Waals surface area contributed by atoms with Gasteiger partial charge in [0.1, 0.15) is 12.2 Å².